The number of hydrogen-bond donors (Lipinski definition) is 15. The van der Waals surface area contributed by atoms with Crippen molar-refractivity contribution in [3.05, 3.63) is 90.1 Å². The Balaban J connectivity index is 1.54. The Morgan fingerprint density at radius 1 is 0.760 bits per heavy atom. The lowest BCUT2D eigenvalue weighted by Gasteiger charge is -2.28. The van der Waals surface area contributed by atoms with Gasteiger partial charge in [-0.1, -0.05) is 48.5 Å². The molecule has 18 N–H and O–H groups in total. The number of nitrogens with zero attached hydrogens (tertiary/aromatic N) is 1. The number of benzene rings is 2. The minimum absolute atomic E-state index is 0.0180. The fourth-order valence-corrected chi connectivity index (χ4v) is 8.50. The number of unbranched alkanes of at least 4 members (excludes halogenated alkanes) is 1. The molecule has 5 rings (SSSR count). The van der Waals surface area contributed by atoms with E-state index in [0.717, 1.165) is 10.9 Å². The Hall–Kier alpha value is -8.35. The number of carbonyl (C=O) groups excluding carboxylic acids is 9. The van der Waals surface area contributed by atoms with Gasteiger partial charge in [0, 0.05) is 69.0 Å². The summed E-state index contributed by atoms with van der Waals surface area (Å²) in [6.45, 7) is 1.69. The van der Waals surface area contributed by atoms with Gasteiger partial charge < -0.3 is 75.0 Å². The number of imidazole rings is 1. The summed E-state index contributed by atoms with van der Waals surface area (Å²) in [5.74, 6) is -7.09. The van der Waals surface area contributed by atoms with E-state index in [1.807, 2.05) is 18.2 Å². The third-order valence-corrected chi connectivity index (χ3v) is 12.5. The fraction of sp³-hybridized carbons (Fsp3) is 0.460. The molecular formula is C50H70N16O9. The van der Waals surface area contributed by atoms with E-state index in [0.29, 0.717) is 36.2 Å². The second-order valence-electron chi connectivity index (χ2n) is 18.3. The average molecular weight is 1040 g/mol. The number of carbonyl (C=O) groups is 9. The number of rotatable bonds is 18. The predicted molar refractivity (Wildman–Crippen MR) is 276 cm³/mol. The first-order valence-corrected chi connectivity index (χ1v) is 25.0. The van der Waals surface area contributed by atoms with Gasteiger partial charge in [-0.05, 0) is 75.1 Å². The lowest BCUT2D eigenvalue weighted by molar-refractivity contribution is -0.135. The van der Waals surface area contributed by atoms with E-state index in [4.69, 9.17) is 22.6 Å². The molecule has 9 amide bonds. The molecular weight excluding hydrogens is 969 g/mol. The van der Waals surface area contributed by atoms with Crippen molar-refractivity contribution in [1.29, 1.82) is 5.41 Å². The number of fused-ring (bicyclic) bond motifs is 1. The quantitative estimate of drug-likeness (QED) is 0.0289. The second kappa shape index (κ2) is 29.4. The number of nitrogens with one attached hydrogen (secondary N) is 12. The van der Waals surface area contributed by atoms with Gasteiger partial charge in [-0.3, -0.25) is 48.6 Å². The molecule has 2 aromatic carbocycles. The van der Waals surface area contributed by atoms with Gasteiger partial charge in [-0.25, -0.2) is 4.98 Å². The highest BCUT2D eigenvalue weighted by Gasteiger charge is 2.35. The van der Waals surface area contributed by atoms with E-state index in [2.05, 4.69) is 62.8 Å². The van der Waals surface area contributed by atoms with Gasteiger partial charge in [0.2, 0.25) is 53.2 Å². The lowest BCUT2D eigenvalue weighted by Crippen LogP contribution is -2.60. The molecule has 0 radical (unpaired) electrons. The molecule has 75 heavy (non-hydrogen) atoms. The first kappa shape index (κ1) is 57.5. The average Bonchev–Trinajstić information content (AvgIpc) is 4.05. The van der Waals surface area contributed by atoms with Crippen LogP contribution in [-0.4, -0.2) is 136 Å². The SMILES string of the molecule is CC(=O)NC(CCCCN)C(=O)N[C@H]1CCCNC(=O)CC[C@@H](C(N)=O)NC(=O)[C@H](Cc2c[nH]c3ccccc23)NC(=O)[C@H](CCCNC(=N)N)NC(=O)[C@@H](Cc2ccccc2)NC(=O)[C@H](Cc2c[nH]cn2)NC1=O. The minimum atomic E-state index is -1.41. The molecule has 4 aromatic rings. The monoisotopic (exact) mass is 1040 g/mol. The van der Waals surface area contributed by atoms with Crippen LogP contribution in [0.4, 0.5) is 0 Å². The number of H-pyrrole nitrogens is 2. The van der Waals surface area contributed by atoms with Crippen molar-refractivity contribution in [2.75, 3.05) is 19.6 Å². The molecule has 25 heteroatoms. The summed E-state index contributed by atoms with van der Waals surface area (Å²) in [6, 6.07) is 6.69. The van der Waals surface area contributed by atoms with Crippen LogP contribution in [0.1, 0.15) is 81.5 Å². The summed E-state index contributed by atoms with van der Waals surface area (Å²) in [4.78, 5) is 135. The zero-order valence-electron chi connectivity index (χ0n) is 41.9. The topological polar surface area (TPSA) is 408 Å². The molecule has 1 aliphatic rings. The van der Waals surface area contributed by atoms with E-state index >= 15 is 0 Å². The van der Waals surface area contributed by atoms with Gasteiger partial charge in [0.25, 0.3) is 0 Å². The second-order valence-corrected chi connectivity index (χ2v) is 18.3. The first-order chi connectivity index (χ1) is 36.0. The van der Waals surface area contributed by atoms with Crippen LogP contribution in [0.3, 0.4) is 0 Å². The highest BCUT2D eigenvalue weighted by molar-refractivity contribution is 5.98. The van der Waals surface area contributed by atoms with Gasteiger partial charge >= 0.3 is 0 Å². The maximum Gasteiger partial charge on any atom is 0.243 e. The Bertz CT molecular complexity index is 2590. The van der Waals surface area contributed by atoms with Crippen molar-refractivity contribution < 1.29 is 43.2 Å². The van der Waals surface area contributed by atoms with E-state index in [1.54, 1.807) is 42.6 Å². The molecule has 25 nitrogen and oxygen atoms in total. The van der Waals surface area contributed by atoms with Crippen molar-refractivity contribution in [2.45, 2.75) is 126 Å². The van der Waals surface area contributed by atoms with E-state index < -0.39 is 95.5 Å². The number of hydrogen-bond acceptors (Lipinski definition) is 12. The van der Waals surface area contributed by atoms with Crippen LogP contribution in [0, 0.1) is 5.41 Å². The van der Waals surface area contributed by atoms with Crippen LogP contribution < -0.4 is 65.1 Å². The van der Waals surface area contributed by atoms with Gasteiger partial charge in [0.1, 0.15) is 42.3 Å². The van der Waals surface area contributed by atoms with Crippen LogP contribution in [0.2, 0.25) is 0 Å². The Kier molecular flexibility index (Phi) is 22.5. The molecule has 7 atom stereocenters. The Morgan fingerprint density at radius 3 is 2.09 bits per heavy atom. The van der Waals surface area contributed by atoms with Crippen LogP contribution in [0.15, 0.2) is 73.3 Å². The fourth-order valence-electron chi connectivity index (χ4n) is 8.50. The summed E-state index contributed by atoms with van der Waals surface area (Å²) in [5, 5.41) is 32.7. The van der Waals surface area contributed by atoms with Crippen molar-refractivity contribution in [3.63, 3.8) is 0 Å². The molecule has 0 bridgehead atoms. The molecule has 1 unspecified atom stereocenters. The van der Waals surface area contributed by atoms with Crippen LogP contribution >= 0.6 is 0 Å². The number of aromatic amines is 2. The molecule has 0 saturated carbocycles. The Labute approximate surface area is 433 Å². The molecule has 1 fully saturated rings. The maximum absolute atomic E-state index is 14.7. The third kappa shape index (κ3) is 18.9. The van der Waals surface area contributed by atoms with Crippen molar-refractivity contribution in [1.82, 2.24) is 62.8 Å². The summed E-state index contributed by atoms with van der Waals surface area (Å²) >= 11 is 0. The van der Waals surface area contributed by atoms with Crippen molar-refractivity contribution in [3.8, 4) is 0 Å². The predicted octanol–water partition coefficient (Wildman–Crippen LogP) is -2.10. The van der Waals surface area contributed by atoms with Gasteiger partial charge in [0.15, 0.2) is 5.96 Å². The van der Waals surface area contributed by atoms with E-state index in [9.17, 15) is 43.2 Å². The standard InChI is InChI=1S/C50H70N16O9/c1-29(67)60-36(15-7-8-20-51)44(70)62-37-16-9-21-56-42(68)19-18-35(43(52)69)61-48(74)40(24-31-26-58-34-14-6-5-13-33(31)34)65-45(71)38(17-10-22-57-50(53)54)63-47(73)39(23-30-11-3-2-4-12-30)64-49(75)41(66-46(37)72)25-32-27-55-28-59-32/h2-6,11-14,26-28,35-41,58H,7-10,15-25,51H2,1H3,(H2,52,69)(H,55,59)(H,56,68)(H,60,67)(H,61,74)(H,62,70)(H,63,73)(H,64,75)(H,65,71)(H,66,72)(H4,53,54,57)/t35-,36?,37-,38-,39+,40-,41-/m0/s1. The van der Waals surface area contributed by atoms with Crippen LogP contribution in [0.25, 0.3) is 10.9 Å². The number of para-hydroxylation sites is 1. The largest absolute Gasteiger partial charge is 0.370 e. The number of amides is 9. The van der Waals surface area contributed by atoms with Crippen LogP contribution in [-0.2, 0) is 62.4 Å². The summed E-state index contributed by atoms with van der Waals surface area (Å²) in [6.07, 6.45) is 5.05. The zero-order chi connectivity index (χ0) is 54.3. The first-order valence-electron chi connectivity index (χ1n) is 25.0. The van der Waals surface area contributed by atoms with Crippen molar-refractivity contribution in [2.24, 2.45) is 17.2 Å². The minimum Gasteiger partial charge on any atom is -0.370 e. The van der Waals surface area contributed by atoms with Crippen LogP contribution in [0.5, 0.6) is 0 Å². The molecule has 1 saturated heterocycles. The summed E-state index contributed by atoms with van der Waals surface area (Å²) < 4.78 is 0. The number of aromatic nitrogens is 3. The van der Waals surface area contributed by atoms with E-state index in [-0.39, 0.29) is 83.3 Å². The molecule has 0 aliphatic carbocycles. The molecule has 3 heterocycles. The highest BCUT2D eigenvalue weighted by Crippen LogP contribution is 2.20. The van der Waals surface area contributed by atoms with Gasteiger partial charge in [-0.2, -0.15) is 0 Å². The molecule has 404 valence electrons. The van der Waals surface area contributed by atoms with E-state index in [1.165, 1.54) is 19.4 Å². The van der Waals surface area contributed by atoms with Gasteiger partial charge in [0.05, 0.1) is 12.0 Å². The molecule has 2 aromatic heterocycles. The maximum atomic E-state index is 14.7. The third-order valence-electron chi connectivity index (χ3n) is 12.5. The Morgan fingerprint density at radius 2 is 1.41 bits per heavy atom. The highest BCUT2D eigenvalue weighted by atomic mass is 16.2. The molecule has 0 spiro atoms. The number of guanidine groups is 1. The number of primary amides is 1. The summed E-state index contributed by atoms with van der Waals surface area (Å²) in [5.41, 5.74) is 19.3. The smallest absolute Gasteiger partial charge is 0.243 e. The number of nitrogens with two attached hydrogens (primary N) is 3. The van der Waals surface area contributed by atoms with Crippen molar-refractivity contribution >= 4 is 70.0 Å². The lowest BCUT2D eigenvalue weighted by atomic mass is 10.0. The zero-order valence-corrected chi connectivity index (χ0v) is 41.9. The molecule has 1 aliphatic heterocycles. The van der Waals surface area contributed by atoms with Gasteiger partial charge in [-0.15, -0.1) is 0 Å². The summed E-state index contributed by atoms with van der Waals surface area (Å²) in [7, 11) is 0. The normalized spacial score (nSPS) is 21.2.